The Morgan fingerprint density at radius 1 is 0.792 bits per heavy atom. The molecule has 0 saturated carbocycles. The minimum absolute atomic E-state index is 0.0228. The van der Waals surface area contributed by atoms with Gasteiger partial charge in [-0.1, -0.05) is 30.3 Å². The van der Waals surface area contributed by atoms with Gasteiger partial charge >= 0.3 is 5.97 Å². The summed E-state index contributed by atoms with van der Waals surface area (Å²) < 4.78 is 23.6. The zero-order valence-corrected chi connectivity index (χ0v) is 33.2. The van der Waals surface area contributed by atoms with Gasteiger partial charge in [-0.15, -0.1) is 0 Å². The minimum atomic E-state index is -1.27. The van der Waals surface area contributed by atoms with E-state index < -0.39 is 66.6 Å². The number of carbonyl (C=O) groups is 5. The normalized spacial score (nSPS) is 21.2. The van der Waals surface area contributed by atoms with Gasteiger partial charge in [-0.05, 0) is 67.9 Å². The number of nitrogens with one attached hydrogen (secondary N) is 2. The lowest BCUT2D eigenvalue weighted by Gasteiger charge is -2.49. The van der Waals surface area contributed by atoms with Crippen molar-refractivity contribution in [3.63, 3.8) is 0 Å². The van der Waals surface area contributed by atoms with Gasteiger partial charge in [-0.25, -0.2) is 0 Å². The van der Waals surface area contributed by atoms with Gasteiger partial charge < -0.3 is 34.7 Å². The molecule has 0 aliphatic carbocycles. The smallest absolute Gasteiger partial charge is 0.325 e. The predicted molar refractivity (Wildman–Crippen MR) is 198 cm³/mol. The molecule has 0 bridgehead atoms. The van der Waals surface area contributed by atoms with Crippen LogP contribution in [-0.4, -0.2) is 157 Å². The SMILES string of the molecule is CC(C)(C)OC(C=O)N1CCNCC[N+](C(C=O)OC(C)(C)C)(C(CO)C(=O)NCC(=O)OCc2ccccc2)CCN(C(C=O)OC(C)(C)C)CC1. The van der Waals surface area contributed by atoms with Crippen molar-refractivity contribution in [3.05, 3.63) is 35.9 Å². The Hall–Kier alpha value is -3.15. The van der Waals surface area contributed by atoms with Crippen molar-refractivity contribution in [1.29, 1.82) is 0 Å². The third-order valence-electron chi connectivity index (χ3n) is 8.50. The van der Waals surface area contributed by atoms with Crippen LogP contribution in [0.5, 0.6) is 0 Å². The largest absolute Gasteiger partial charge is 0.460 e. The van der Waals surface area contributed by atoms with E-state index in [4.69, 9.17) is 18.9 Å². The van der Waals surface area contributed by atoms with E-state index in [0.29, 0.717) is 32.2 Å². The van der Waals surface area contributed by atoms with Crippen LogP contribution < -0.4 is 10.6 Å². The highest BCUT2D eigenvalue weighted by atomic mass is 16.5. The standard InChI is InChI=1S/C38H63N5O10/c1-36(2,3)51-31(25-45)41-17-15-39-16-21-43(33(27-47)53-38(7,8)9,22-20-42(19-18-41)32(26-46)52-37(4,5)6)30(24-44)35(49)40-23-34(48)50-28-29-13-11-10-12-14-29/h10-14,25-27,30-33,39,44H,15-24,28H2,1-9H3/p+1. The summed E-state index contributed by atoms with van der Waals surface area (Å²) in [4.78, 5) is 68.3. The van der Waals surface area contributed by atoms with E-state index >= 15 is 0 Å². The second kappa shape index (κ2) is 21.1. The van der Waals surface area contributed by atoms with Gasteiger partial charge in [-0.3, -0.25) is 38.3 Å². The topological polar surface area (TPSA) is 173 Å². The highest BCUT2D eigenvalue weighted by Gasteiger charge is 2.50. The summed E-state index contributed by atoms with van der Waals surface area (Å²) in [6.45, 7) is 17.2. The van der Waals surface area contributed by atoms with Gasteiger partial charge in [0, 0.05) is 32.7 Å². The number of aliphatic hydroxyl groups excluding tert-OH is 1. The molecule has 15 heteroatoms. The predicted octanol–water partition coefficient (Wildman–Crippen LogP) is 1.25. The summed E-state index contributed by atoms with van der Waals surface area (Å²) in [7, 11) is 0. The lowest BCUT2D eigenvalue weighted by molar-refractivity contribution is -0.975. The Labute approximate surface area is 315 Å². The van der Waals surface area contributed by atoms with Gasteiger partial charge in [0.05, 0.1) is 36.4 Å². The fourth-order valence-electron chi connectivity index (χ4n) is 6.06. The van der Waals surface area contributed by atoms with Crippen molar-refractivity contribution >= 4 is 30.7 Å². The molecule has 0 radical (unpaired) electrons. The Morgan fingerprint density at radius 2 is 1.34 bits per heavy atom. The first-order valence-electron chi connectivity index (χ1n) is 18.3. The number of quaternary nitrogens is 1. The molecule has 1 aromatic carbocycles. The second-order valence-electron chi connectivity index (χ2n) is 16.2. The first kappa shape index (κ1) is 46.0. The molecule has 1 fully saturated rings. The number of ether oxygens (including phenoxy) is 4. The highest BCUT2D eigenvalue weighted by Crippen LogP contribution is 2.26. The number of aldehydes is 3. The molecule has 1 heterocycles. The van der Waals surface area contributed by atoms with E-state index in [1.807, 2.05) is 76.8 Å². The van der Waals surface area contributed by atoms with E-state index in [1.165, 1.54) is 0 Å². The first-order chi connectivity index (χ1) is 24.8. The molecule has 3 N–H and O–H groups in total. The Bertz CT molecular complexity index is 1300. The molecule has 0 aromatic heterocycles. The van der Waals surface area contributed by atoms with Crippen LogP contribution in [0.3, 0.4) is 0 Å². The van der Waals surface area contributed by atoms with Gasteiger partial charge in [0.15, 0.2) is 31.1 Å². The van der Waals surface area contributed by atoms with Crippen LogP contribution in [0.4, 0.5) is 0 Å². The van der Waals surface area contributed by atoms with Crippen LogP contribution >= 0.6 is 0 Å². The Kier molecular flexibility index (Phi) is 18.3. The number of hydrogen-bond donors (Lipinski definition) is 3. The lowest BCUT2D eigenvalue weighted by Crippen LogP contribution is -2.72. The molecule has 300 valence electrons. The number of rotatable bonds is 16. The average molecular weight is 751 g/mol. The van der Waals surface area contributed by atoms with Gasteiger partial charge in [0.25, 0.3) is 12.1 Å². The quantitative estimate of drug-likeness (QED) is 0.125. The van der Waals surface area contributed by atoms with Crippen molar-refractivity contribution in [2.75, 3.05) is 65.5 Å². The molecule has 2 rings (SSSR count). The monoisotopic (exact) mass is 750 g/mol. The number of nitrogens with zero attached hydrogens (tertiary/aromatic N) is 3. The van der Waals surface area contributed by atoms with Crippen molar-refractivity contribution in [3.8, 4) is 0 Å². The number of hydrogen-bond acceptors (Lipinski definition) is 13. The Morgan fingerprint density at radius 3 is 1.83 bits per heavy atom. The number of benzene rings is 1. The molecule has 15 nitrogen and oxygen atoms in total. The average Bonchev–Trinajstić information content (AvgIpc) is 3.07. The van der Waals surface area contributed by atoms with E-state index in [0.717, 1.165) is 11.8 Å². The van der Waals surface area contributed by atoms with Crippen molar-refractivity contribution in [2.45, 2.75) is 110 Å². The van der Waals surface area contributed by atoms with Crippen LogP contribution in [0, 0.1) is 0 Å². The fourth-order valence-corrected chi connectivity index (χ4v) is 6.06. The van der Waals surface area contributed by atoms with Gasteiger partial charge in [0.2, 0.25) is 6.29 Å². The molecule has 1 saturated heterocycles. The van der Waals surface area contributed by atoms with Gasteiger partial charge in [0.1, 0.15) is 19.8 Å². The summed E-state index contributed by atoms with van der Waals surface area (Å²) in [5.74, 6) is -1.35. The Balaban J connectivity index is 2.54. The molecule has 0 spiro atoms. The first-order valence-corrected chi connectivity index (χ1v) is 18.3. The lowest BCUT2D eigenvalue weighted by atomic mass is 10.1. The fraction of sp³-hybridized carbons (Fsp3) is 0.711. The zero-order chi connectivity index (χ0) is 39.9. The summed E-state index contributed by atoms with van der Waals surface area (Å²) >= 11 is 0. The minimum Gasteiger partial charge on any atom is -0.460 e. The second-order valence-corrected chi connectivity index (χ2v) is 16.2. The third kappa shape index (κ3) is 16.0. The van der Waals surface area contributed by atoms with E-state index in [9.17, 15) is 29.1 Å². The maximum atomic E-state index is 14.0. The van der Waals surface area contributed by atoms with E-state index in [-0.39, 0.29) is 43.8 Å². The zero-order valence-electron chi connectivity index (χ0n) is 33.2. The molecule has 1 aliphatic rings. The number of carbonyl (C=O) groups excluding carboxylic acids is 5. The summed E-state index contributed by atoms with van der Waals surface area (Å²) in [5.41, 5.74) is -1.36. The molecule has 1 aliphatic heterocycles. The number of aliphatic hydroxyl groups is 1. The molecule has 5 unspecified atom stereocenters. The van der Waals surface area contributed by atoms with E-state index in [1.54, 1.807) is 25.7 Å². The van der Waals surface area contributed by atoms with Crippen molar-refractivity contribution in [1.82, 2.24) is 20.4 Å². The number of amides is 1. The molecule has 1 aromatic rings. The van der Waals surface area contributed by atoms with Gasteiger partial charge in [-0.2, -0.15) is 0 Å². The van der Waals surface area contributed by atoms with Crippen LogP contribution in [0.25, 0.3) is 0 Å². The number of esters is 1. The van der Waals surface area contributed by atoms with Crippen LogP contribution in [0.2, 0.25) is 0 Å². The summed E-state index contributed by atoms with van der Waals surface area (Å²) in [5, 5.41) is 16.9. The summed E-state index contributed by atoms with van der Waals surface area (Å²) in [6, 6.07) is 7.84. The van der Waals surface area contributed by atoms with Crippen LogP contribution in [0.15, 0.2) is 30.3 Å². The maximum absolute atomic E-state index is 14.0. The highest BCUT2D eigenvalue weighted by molar-refractivity contribution is 5.85. The van der Waals surface area contributed by atoms with Crippen LogP contribution in [0.1, 0.15) is 67.9 Å². The molecular weight excluding hydrogens is 686 g/mol. The molecule has 1 amide bonds. The van der Waals surface area contributed by atoms with E-state index in [2.05, 4.69) is 10.6 Å². The molecule has 53 heavy (non-hydrogen) atoms. The van der Waals surface area contributed by atoms with Crippen molar-refractivity contribution in [2.24, 2.45) is 0 Å². The third-order valence-corrected chi connectivity index (χ3v) is 8.50. The molecular formula is C38H64N5O10+. The van der Waals surface area contributed by atoms with Crippen molar-refractivity contribution < 1.29 is 52.5 Å². The molecule has 5 atom stereocenters. The maximum Gasteiger partial charge on any atom is 0.325 e. The summed E-state index contributed by atoms with van der Waals surface area (Å²) in [6.07, 6.45) is -1.03. The van der Waals surface area contributed by atoms with Crippen LogP contribution in [-0.2, 0) is 49.5 Å².